The average Bonchev–Trinajstić information content (AvgIpc) is 2.45. The van der Waals surface area contributed by atoms with Crippen LogP contribution in [-0.2, 0) is 15.6 Å². The van der Waals surface area contributed by atoms with Crippen molar-refractivity contribution in [2.45, 2.75) is 17.0 Å². The Morgan fingerprint density at radius 3 is 2.54 bits per heavy atom. The molecule has 24 heavy (non-hydrogen) atoms. The van der Waals surface area contributed by atoms with Gasteiger partial charge in [0.1, 0.15) is 5.75 Å². The zero-order valence-electron chi connectivity index (χ0n) is 12.0. The smallest absolute Gasteiger partial charge is 0.422 e. The molecule has 2 rings (SSSR count). The van der Waals surface area contributed by atoms with Crippen molar-refractivity contribution in [2.75, 3.05) is 6.61 Å². The highest BCUT2D eigenvalue weighted by Crippen LogP contribution is 2.28. The van der Waals surface area contributed by atoms with Crippen LogP contribution in [0.4, 0.5) is 13.2 Å². The van der Waals surface area contributed by atoms with E-state index < -0.39 is 33.4 Å². The van der Waals surface area contributed by atoms with E-state index in [0.29, 0.717) is 0 Å². The van der Waals surface area contributed by atoms with E-state index in [4.69, 9.17) is 11.6 Å². The van der Waals surface area contributed by atoms with Crippen LogP contribution in [0.25, 0.3) is 0 Å². The predicted octanol–water partition coefficient (Wildman–Crippen LogP) is 2.89. The number of aromatic nitrogens is 1. The fourth-order valence-electron chi connectivity index (χ4n) is 1.89. The van der Waals surface area contributed by atoms with Crippen LogP contribution in [0, 0.1) is 5.21 Å². The summed E-state index contributed by atoms with van der Waals surface area (Å²) < 4.78 is 66.4. The van der Waals surface area contributed by atoms with Gasteiger partial charge in [-0.3, -0.25) is 0 Å². The molecule has 0 radical (unpaired) electrons. The van der Waals surface area contributed by atoms with Crippen molar-refractivity contribution in [2.24, 2.45) is 0 Å². The van der Waals surface area contributed by atoms with Crippen molar-refractivity contribution in [1.29, 1.82) is 0 Å². The van der Waals surface area contributed by atoms with Crippen LogP contribution in [-0.4, -0.2) is 21.2 Å². The van der Waals surface area contributed by atoms with Crippen molar-refractivity contribution < 1.29 is 31.1 Å². The minimum Gasteiger partial charge on any atom is -0.618 e. The van der Waals surface area contributed by atoms with E-state index in [0.717, 1.165) is 18.3 Å². The molecular weight excluding hydrogens is 371 g/mol. The lowest BCUT2D eigenvalue weighted by molar-refractivity contribution is -0.646. The summed E-state index contributed by atoms with van der Waals surface area (Å²) in [5.41, 5.74) is -0.0735. The molecule has 0 spiro atoms. The summed E-state index contributed by atoms with van der Waals surface area (Å²) in [4.78, 5) is 0. The first-order valence-electron chi connectivity index (χ1n) is 6.47. The molecule has 0 saturated heterocycles. The molecular formula is C14H11ClF3NO4S. The first-order chi connectivity index (χ1) is 11.1. The Morgan fingerprint density at radius 2 is 1.92 bits per heavy atom. The lowest BCUT2D eigenvalue weighted by Gasteiger charge is -2.13. The van der Waals surface area contributed by atoms with Crippen molar-refractivity contribution in [1.82, 2.24) is 0 Å². The fraction of sp³-hybridized carbons (Fsp3) is 0.214. The van der Waals surface area contributed by atoms with Gasteiger partial charge in [0, 0.05) is 22.7 Å². The second-order valence-corrected chi connectivity index (χ2v) is 7.15. The van der Waals surface area contributed by atoms with E-state index in [-0.39, 0.29) is 21.1 Å². The fourth-order valence-corrected chi connectivity index (χ4v) is 3.49. The van der Waals surface area contributed by atoms with Crippen LogP contribution in [0.1, 0.15) is 5.56 Å². The second kappa shape index (κ2) is 6.86. The molecule has 0 amide bonds. The van der Waals surface area contributed by atoms with E-state index in [1.807, 2.05) is 0 Å². The Kier molecular flexibility index (Phi) is 5.24. The molecule has 1 heterocycles. The molecule has 0 unspecified atom stereocenters. The van der Waals surface area contributed by atoms with E-state index in [1.165, 1.54) is 24.3 Å². The number of hydrogen-bond donors (Lipinski definition) is 0. The maximum Gasteiger partial charge on any atom is 0.422 e. The van der Waals surface area contributed by atoms with Crippen LogP contribution in [0.2, 0.25) is 5.02 Å². The Balaban J connectivity index is 2.35. The van der Waals surface area contributed by atoms with Gasteiger partial charge < -0.3 is 9.94 Å². The molecule has 5 nitrogen and oxygen atoms in total. The monoisotopic (exact) mass is 381 g/mol. The molecule has 130 valence electrons. The number of benzene rings is 1. The highest BCUT2D eigenvalue weighted by atomic mass is 35.5. The van der Waals surface area contributed by atoms with Gasteiger partial charge in [0.15, 0.2) is 12.8 Å². The normalized spacial score (nSPS) is 12.2. The molecule has 0 saturated carbocycles. The molecule has 0 bridgehead atoms. The van der Waals surface area contributed by atoms with Crippen LogP contribution in [0.15, 0.2) is 47.6 Å². The number of pyridine rings is 1. The molecule has 1 aromatic carbocycles. The summed E-state index contributed by atoms with van der Waals surface area (Å²) in [6.45, 7) is -1.57. The third-order valence-corrected chi connectivity index (χ3v) is 4.75. The summed E-state index contributed by atoms with van der Waals surface area (Å²) in [5, 5.41) is 11.2. The molecule has 2 aromatic rings. The molecule has 10 heteroatoms. The molecule has 0 N–H and O–H groups in total. The molecule has 0 aliphatic heterocycles. The van der Waals surface area contributed by atoms with E-state index in [2.05, 4.69) is 4.74 Å². The maximum atomic E-state index is 12.3. The Hall–Kier alpha value is -2.00. The standard InChI is InChI=1S/C14H11ClF3NO4S/c15-11-4-5-12(23-9-14(16,17)18)10(7-11)8-24(21,22)13-3-1-2-6-19(13)20/h1-7H,8-9H2. The summed E-state index contributed by atoms with van der Waals surface area (Å²) >= 11 is 5.77. The Bertz CT molecular complexity index is 840. The van der Waals surface area contributed by atoms with Gasteiger partial charge >= 0.3 is 11.2 Å². The molecule has 1 aromatic heterocycles. The number of ether oxygens (including phenoxy) is 1. The third kappa shape index (κ3) is 4.75. The van der Waals surface area contributed by atoms with Gasteiger partial charge in [-0.1, -0.05) is 11.6 Å². The number of alkyl halides is 3. The molecule has 0 atom stereocenters. The Labute approximate surface area is 140 Å². The lowest BCUT2D eigenvalue weighted by Crippen LogP contribution is -2.33. The van der Waals surface area contributed by atoms with Crippen LogP contribution >= 0.6 is 11.6 Å². The van der Waals surface area contributed by atoms with E-state index >= 15 is 0 Å². The van der Waals surface area contributed by atoms with Gasteiger partial charge in [0.05, 0.1) is 5.75 Å². The summed E-state index contributed by atoms with van der Waals surface area (Å²) in [6.07, 6.45) is -3.57. The van der Waals surface area contributed by atoms with Gasteiger partial charge in [-0.2, -0.15) is 17.9 Å². The highest BCUT2D eigenvalue weighted by molar-refractivity contribution is 7.90. The maximum absolute atomic E-state index is 12.3. The van der Waals surface area contributed by atoms with Crippen molar-refractivity contribution in [3.05, 3.63) is 58.4 Å². The van der Waals surface area contributed by atoms with Crippen molar-refractivity contribution >= 4 is 21.4 Å². The number of sulfone groups is 1. The third-order valence-electron chi connectivity index (χ3n) is 2.87. The van der Waals surface area contributed by atoms with E-state index in [1.54, 1.807) is 0 Å². The van der Waals surface area contributed by atoms with Gasteiger partial charge in [-0.25, -0.2) is 8.42 Å². The minimum atomic E-state index is -4.58. The average molecular weight is 382 g/mol. The summed E-state index contributed by atoms with van der Waals surface area (Å²) in [5.74, 6) is -0.999. The topological polar surface area (TPSA) is 70.3 Å². The molecule has 0 fully saturated rings. The van der Waals surface area contributed by atoms with E-state index in [9.17, 15) is 26.8 Å². The number of hydrogen-bond acceptors (Lipinski definition) is 4. The number of halogens is 4. The summed E-state index contributed by atoms with van der Waals surface area (Å²) in [6, 6.07) is 7.42. The quantitative estimate of drug-likeness (QED) is 0.590. The second-order valence-electron chi connectivity index (χ2n) is 4.78. The first kappa shape index (κ1) is 18.3. The van der Waals surface area contributed by atoms with Crippen molar-refractivity contribution in [3.8, 4) is 5.75 Å². The Morgan fingerprint density at radius 1 is 1.21 bits per heavy atom. The minimum absolute atomic E-state index is 0.0735. The van der Waals surface area contributed by atoms with Gasteiger partial charge in [-0.05, 0) is 24.3 Å². The zero-order chi connectivity index (χ0) is 18.0. The van der Waals surface area contributed by atoms with Gasteiger partial charge in [-0.15, -0.1) is 0 Å². The number of nitrogens with zero attached hydrogens (tertiary/aromatic N) is 1. The van der Waals surface area contributed by atoms with Crippen LogP contribution < -0.4 is 9.47 Å². The highest BCUT2D eigenvalue weighted by Gasteiger charge is 2.30. The van der Waals surface area contributed by atoms with Gasteiger partial charge in [0.25, 0.3) is 0 Å². The first-order valence-corrected chi connectivity index (χ1v) is 8.50. The van der Waals surface area contributed by atoms with Crippen LogP contribution in [0.5, 0.6) is 5.75 Å². The van der Waals surface area contributed by atoms with Crippen molar-refractivity contribution in [3.63, 3.8) is 0 Å². The largest absolute Gasteiger partial charge is 0.618 e. The zero-order valence-corrected chi connectivity index (χ0v) is 13.5. The SMILES string of the molecule is O=S(=O)(Cc1cc(Cl)ccc1OCC(F)(F)F)c1cccc[n+]1[O-]. The molecule has 0 aliphatic rings. The van der Waals surface area contributed by atoms with Crippen LogP contribution in [0.3, 0.4) is 0 Å². The van der Waals surface area contributed by atoms with Gasteiger partial charge in [0.2, 0.25) is 9.84 Å². The summed E-state index contributed by atoms with van der Waals surface area (Å²) in [7, 11) is -4.11. The predicted molar refractivity (Wildman–Crippen MR) is 79.3 cm³/mol. The number of rotatable bonds is 5. The lowest BCUT2D eigenvalue weighted by atomic mass is 10.2. The molecule has 0 aliphatic carbocycles.